The Morgan fingerprint density at radius 3 is 3.09 bits per heavy atom. The van der Waals surface area contributed by atoms with Gasteiger partial charge in [-0.15, -0.1) is 10.2 Å². The third-order valence-electron chi connectivity index (χ3n) is 2.98. The molecule has 23 heavy (non-hydrogen) atoms. The second kappa shape index (κ2) is 7.01. The summed E-state index contributed by atoms with van der Waals surface area (Å²) in [5.74, 6) is 0.690. The number of aryl methyl sites for hydroxylation is 1. The number of amides is 2. The van der Waals surface area contributed by atoms with E-state index in [-0.39, 0.29) is 6.03 Å². The Hall–Kier alpha value is -2.07. The number of anilines is 1. The lowest BCUT2D eigenvalue weighted by atomic mass is 10.3. The summed E-state index contributed by atoms with van der Waals surface area (Å²) in [4.78, 5) is 17.7. The number of fused-ring (bicyclic) bond motifs is 1. The molecular weight excluding hydrogens is 382 g/mol. The van der Waals surface area contributed by atoms with Crippen molar-refractivity contribution in [2.45, 2.75) is 19.9 Å². The van der Waals surface area contributed by atoms with Crippen LogP contribution in [0.1, 0.15) is 12.7 Å². The van der Waals surface area contributed by atoms with Gasteiger partial charge in [0.15, 0.2) is 11.0 Å². The molecule has 1 aromatic carbocycles. The molecule has 3 aromatic rings. The third kappa shape index (κ3) is 4.02. The van der Waals surface area contributed by atoms with Gasteiger partial charge in [-0.1, -0.05) is 34.2 Å². The van der Waals surface area contributed by atoms with Crippen LogP contribution in [0.2, 0.25) is 0 Å². The molecule has 0 saturated carbocycles. The zero-order valence-electron chi connectivity index (χ0n) is 12.3. The van der Waals surface area contributed by atoms with Crippen LogP contribution >= 0.6 is 27.3 Å². The largest absolute Gasteiger partial charge is 0.336 e. The summed E-state index contributed by atoms with van der Waals surface area (Å²) in [5.41, 5.74) is 0.854. The van der Waals surface area contributed by atoms with Gasteiger partial charge in [0.2, 0.25) is 0 Å². The van der Waals surface area contributed by atoms with Crippen molar-refractivity contribution < 1.29 is 4.79 Å². The molecule has 0 aliphatic heterocycles. The second-order valence-electron chi connectivity index (χ2n) is 4.67. The average molecular weight is 396 g/mol. The summed E-state index contributed by atoms with van der Waals surface area (Å²) < 4.78 is 1.99. The van der Waals surface area contributed by atoms with Crippen LogP contribution in [0.4, 0.5) is 9.93 Å². The average Bonchev–Trinajstić information content (AvgIpc) is 3.12. The van der Waals surface area contributed by atoms with Gasteiger partial charge in [0, 0.05) is 17.4 Å². The molecule has 2 aromatic heterocycles. The minimum atomic E-state index is -0.307. The fourth-order valence-electron chi connectivity index (χ4n) is 1.88. The summed E-state index contributed by atoms with van der Waals surface area (Å²) >= 11 is 4.84. The van der Waals surface area contributed by atoms with Gasteiger partial charge in [-0.3, -0.25) is 5.32 Å². The minimum absolute atomic E-state index is 0.307. The zero-order chi connectivity index (χ0) is 16.2. The number of urea groups is 1. The van der Waals surface area contributed by atoms with E-state index in [9.17, 15) is 4.79 Å². The maximum absolute atomic E-state index is 11.9. The number of aromatic nitrogens is 5. The van der Waals surface area contributed by atoms with Crippen molar-refractivity contribution in [2.24, 2.45) is 0 Å². The number of carbonyl (C=O) groups is 1. The standard InChI is InChI=1S/C13H14BrN7OS/c1-2-11-18-20-21(19-11)6-5-15-12(22)17-13-16-9-4-3-8(14)7-10(9)23-13/h3-4,7H,2,5-6H2,1H3,(H2,15,16,17,22). The molecule has 8 nitrogen and oxygen atoms in total. The van der Waals surface area contributed by atoms with E-state index >= 15 is 0 Å². The van der Waals surface area contributed by atoms with Crippen LogP contribution < -0.4 is 10.6 Å². The Labute approximate surface area is 144 Å². The Morgan fingerprint density at radius 1 is 1.43 bits per heavy atom. The van der Waals surface area contributed by atoms with Crippen LogP contribution in [0.3, 0.4) is 0 Å². The normalized spacial score (nSPS) is 10.9. The molecule has 3 rings (SSSR count). The molecule has 2 N–H and O–H groups in total. The fourth-order valence-corrected chi connectivity index (χ4v) is 3.29. The Morgan fingerprint density at radius 2 is 2.30 bits per heavy atom. The van der Waals surface area contributed by atoms with Gasteiger partial charge in [-0.25, -0.2) is 9.78 Å². The number of rotatable bonds is 5. The number of carbonyl (C=O) groups excluding carboxylic acids is 1. The van der Waals surface area contributed by atoms with Crippen molar-refractivity contribution >= 4 is 48.6 Å². The van der Waals surface area contributed by atoms with Crippen molar-refractivity contribution in [1.82, 2.24) is 30.5 Å². The van der Waals surface area contributed by atoms with Crippen molar-refractivity contribution in [1.29, 1.82) is 0 Å². The number of nitrogens with one attached hydrogen (secondary N) is 2. The van der Waals surface area contributed by atoms with Crippen molar-refractivity contribution in [3.8, 4) is 0 Å². The number of thiazole rings is 1. The van der Waals surface area contributed by atoms with E-state index in [2.05, 4.69) is 47.0 Å². The predicted molar refractivity (Wildman–Crippen MR) is 91.5 cm³/mol. The van der Waals surface area contributed by atoms with Crippen molar-refractivity contribution in [3.63, 3.8) is 0 Å². The molecule has 2 heterocycles. The first kappa shape index (κ1) is 15.8. The summed E-state index contributed by atoms with van der Waals surface area (Å²) in [5, 5.41) is 18.0. The van der Waals surface area contributed by atoms with E-state index in [0.717, 1.165) is 21.1 Å². The Bertz CT molecular complexity index is 831. The van der Waals surface area contributed by atoms with Gasteiger partial charge in [-0.2, -0.15) is 4.80 Å². The lowest BCUT2D eigenvalue weighted by Gasteiger charge is -2.04. The van der Waals surface area contributed by atoms with Crippen LogP contribution in [0.5, 0.6) is 0 Å². The van der Waals surface area contributed by atoms with E-state index < -0.39 is 0 Å². The molecule has 0 unspecified atom stereocenters. The van der Waals surface area contributed by atoms with Gasteiger partial charge in [0.25, 0.3) is 0 Å². The summed E-state index contributed by atoms with van der Waals surface area (Å²) in [6, 6.07) is 5.49. The fraction of sp³-hybridized carbons (Fsp3) is 0.308. The maximum Gasteiger partial charge on any atom is 0.321 e. The summed E-state index contributed by atoms with van der Waals surface area (Å²) in [7, 11) is 0. The molecule has 2 amide bonds. The zero-order valence-corrected chi connectivity index (χ0v) is 14.7. The van der Waals surface area contributed by atoms with Crippen LogP contribution in [0.15, 0.2) is 22.7 Å². The van der Waals surface area contributed by atoms with Crippen molar-refractivity contribution in [2.75, 3.05) is 11.9 Å². The van der Waals surface area contributed by atoms with E-state index in [1.165, 1.54) is 16.1 Å². The van der Waals surface area contributed by atoms with E-state index in [4.69, 9.17) is 0 Å². The highest BCUT2D eigenvalue weighted by molar-refractivity contribution is 9.10. The van der Waals surface area contributed by atoms with Gasteiger partial charge < -0.3 is 5.32 Å². The number of hydrogen-bond donors (Lipinski definition) is 2. The monoisotopic (exact) mass is 395 g/mol. The van der Waals surface area contributed by atoms with Gasteiger partial charge in [0.05, 0.1) is 16.8 Å². The lowest BCUT2D eigenvalue weighted by molar-refractivity contribution is 0.251. The molecule has 0 fully saturated rings. The topological polar surface area (TPSA) is 97.6 Å². The van der Waals surface area contributed by atoms with Crippen LogP contribution in [0.25, 0.3) is 10.2 Å². The van der Waals surface area contributed by atoms with E-state index in [1.54, 1.807) is 0 Å². The molecule has 0 saturated heterocycles. The van der Waals surface area contributed by atoms with Crippen LogP contribution in [-0.4, -0.2) is 37.8 Å². The predicted octanol–water partition coefficient (Wildman–Crippen LogP) is 2.43. The van der Waals surface area contributed by atoms with Gasteiger partial charge >= 0.3 is 6.03 Å². The first-order valence-corrected chi connectivity index (χ1v) is 8.62. The number of tetrazole rings is 1. The molecule has 0 aliphatic rings. The highest BCUT2D eigenvalue weighted by atomic mass is 79.9. The molecule has 0 atom stereocenters. The smallest absolute Gasteiger partial charge is 0.321 e. The molecule has 120 valence electrons. The third-order valence-corrected chi connectivity index (χ3v) is 4.41. The number of hydrogen-bond acceptors (Lipinski definition) is 6. The first-order valence-electron chi connectivity index (χ1n) is 7.01. The van der Waals surface area contributed by atoms with E-state index in [0.29, 0.717) is 24.0 Å². The Balaban J connectivity index is 1.51. The highest BCUT2D eigenvalue weighted by Crippen LogP contribution is 2.28. The first-order chi connectivity index (χ1) is 11.1. The molecule has 0 spiro atoms. The SMILES string of the molecule is CCc1nnn(CCNC(=O)Nc2nc3ccc(Br)cc3s2)n1. The summed E-state index contributed by atoms with van der Waals surface area (Å²) in [6.45, 7) is 2.83. The molecular formula is C13H14BrN7OS. The lowest BCUT2D eigenvalue weighted by Crippen LogP contribution is -2.31. The maximum atomic E-state index is 11.9. The van der Waals surface area contributed by atoms with Crippen LogP contribution in [0, 0.1) is 0 Å². The van der Waals surface area contributed by atoms with Crippen molar-refractivity contribution in [3.05, 3.63) is 28.5 Å². The molecule has 10 heteroatoms. The van der Waals surface area contributed by atoms with Gasteiger partial charge in [0.1, 0.15) is 0 Å². The number of halogens is 1. The molecule has 0 aliphatic carbocycles. The second-order valence-corrected chi connectivity index (χ2v) is 6.61. The van der Waals surface area contributed by atoms with Crippen LogP contribution in [-0.2, 0) is 13.0 Å². The Kier molecular flexibility index (Phi) is 4.82. The van der Waals surface area contributed by atoms with E-state index in [1.807, 2.05) is 25.1 Å². The summed E-state index contributed by atoms with van der Waals surface area (Å²) in [6.07, 6.45) is 0.738. The number of nitrogens with zero attached hydrogens (tertiary/aromatic N) is 5. The quantitative estimate of drug-likeness (QED) is 0.691. The minimum Gasteiger partial charge on any atom is -0.336 e. The molecule has 0 bridgehead atoms. The number of benzene rings is 1. The van der Waals surface area contributed by atoms with Gasteiger partial charge in [-0.05, 0) is 23.4 Å². The molecule has 0 radical (unpaired) electrons. The highest BCUT2D eigenvalue weighted by Gasteiger charge is 2.08.